The largest absolute Gasteiger partial charge is 0.309 e. The molecule has 0 spiro atoms. The quantitative estimate of drug-likeness (QED) is 0.748. The lowest BCUT2D eigenvalue weighted by atomic mass is 10.0. The van der Waals surface area contributed by atoms with Gasteiger partial charge in [0, 0.05) is 0 Å². The van der Waals surface area contributed by atoms with Gasteiger partial charge in [-0.05, 0) is 19.4 Å². The second-order valence-corrected chi connectivity index (χ2v) is 3.65. The Morgan fingerprint density at radius 3 is 2.85 bits per heavy atom. The fraction of sp³-hybridized carbons (Fsp3) is 0.556. The minimum absolute atomic E-state index is 0.374. The molecule has 1 aromatic rings. The molecule has 0 saturated carbocycles. The number of hydrogen-bond acceptors (Lipinski definition) is 3. The van der Waals surface area contributed by atoms with Gasteiger partial charge < -0.3 is 5.32 Å². The Morgan fingerprint density at radius 2 is 2.23 bits per heavy atom. The zero-order valence-corrected chi connectivity index (χ0v) is 8.09. The van der Waals surface area contributed by atoms with E-state index in [1.807, 2.05) is 0 Å². The minimum atomic E-state index is 0.374. The average Bonchev–Trinajstić information content (AvgIpc) is 2.20. The molecule has 13 heavy (non-hydrogen) atoms. The first-order valence-electron chi connectivity index (χ1n) is 4.57. The molecule has 70 valence electrons. The van der Waals surface area contributed by atoms with Gasteiger partial charge in [-0.3, -0.25) is 4.98 Å². The van der Waals surface area contributed by atoms with Crippen LogP contribution in [0.3, 0.4) is 0 Å². The molecule has 4 heteroatoms. The third-order valence-electron chi connectivity index (χ3n) is 2.31. The topological polar surface area (TPSA) is 37.8 Å². The van der Waals surface area contributed by atoms with Crippen molar-refractivity contribution in [3.8, 4) is 0 Å². The van der Waals surface area contributed by atoms with Crippen LogP contribution >= 0.6 is 11.6 Å². The highest BCUT2D eigenvalue weighted by molar-refractivity contribution is 6.29. The fourth-order valence-corrected chi connectivity index (χ4v) is 1.70. The van der Waals surface area contributed by atoms with Gasteiger partial charge in [0.2, 0.25) is 0 Å². The molecule has 1 aliphatic heterocycles. The Morgan fingerprint density at radius 1 is 1.31 bits per heavy atom. The van der Waals surface area contributed by atoms with Crippen LogP contribution in [0.15, 0.2) is 12.4 Å². The second kappa shape index (κ2) is 4.03. The summed E-state index contributed by atoms with van der Waals surface area (Å²) in [6.45, 7) is 1.08. The van der Waals surface area contributed by atoms with Crippen molar-refractivity contribution in [2.75, 3.05) is 6.54 Å². The molecule has 1 saturated heterocycles. The molecule has 1 aliphatic rings. The van der Waals surface area contributed by atoms with Crippen LogP contribution < -0.4 is 5.32 Å². The molecule has 0 aliphatic carbocycles. The van der Waals surface area contributed by atoms with Gasteiger partial charge in [0.25, 0.3) is 0 Å². The van der Waals surface area contributed by atoms with E-state index >= 15 is 0 Å². The first-order valence-corrected chi connectivity index (χ1v) is 4.95. The van der Waals surface area contributed by atoms with Crippen molar-refractivity contribution in [3.63, 3.8) is 0 Å². The van der Waals surface area contributed by atoms with Crippen LogP contribution in [0, 0.1) is 0 Å². The van der Waals surface area contributed by atoms with E-state index < -0.39 is 0 Å². The number of hydrogen-bond donors (Lipinski definition) is 1. The average molecular weight is 198 g/mol. The molecule has 3 nitrogen and oxygen atoms in total. The van der Waals surface area contributed by atoms with E-state index in [2.05, 4.69) is 15.3 Å². The summed E-state index contributed by atoms with van der Waals surface area (Å²) < 4.78 is 0. The van der Waals surface area contributed by atoms with E-state index in [4.69, 9.17) is 11.6 Å². The Balaban J connectivity index is 2.10. The van der Waals surface area contributed by atoms with Crippen LogP contribution in [0.4, 0.5) is 0 Å². The van der Waals surface area contributed by atoms with Crippen molar-refractivity contribution < 1.29 is 0 Å². The van der Waals surface area contributed by atoms with Gasteiger partial charge in [0.15, 0.2) is 0 Å². The van der Waals surface area contributed by atoms with Crippen LogP contribution in [0.1, 0.15) is 31.0 Å². The van der Waals surface area contributed by atoms with Gasteiger partial charge in [0.05, 0.1) is 24.1 Å². The van der Waals surface area contributed by atoms with E-state index in [0.717, 1.165) is 18.7 Å². The van der Waals surface area contributed by atoms with Gasteiger partial charge in [-0.15, -0.1) is 0 Å². The maximum atomic E-state index is 5.66. The third kappa shape index (κ3) is 2.17. The highest BCUT2D eigenvalue weighted by Crippen LogP contribution is 2.20. The number of halogens is 1. The zero-order chi connectivity index (χ0) is 9.10. The molecule has 0 amide bonds. The molecule has 1 aromatic heterocycles. The van der Waals surface area contributed by atoms with Crippen molar-refractivity contribution in [1.82, 2.24) is 15.3 Å². The summed E-state index contributed by atoms with van der Waals surface area (Å²) in [5.74, 6) is 0. The Hall–Kier alpha value is -0.670. The Labute approximate surface area is 82.5 Å². The first kappa shape index (κ1) is 8.91. The van der Waals surface area contributed by atoms with Gasteiger partial charge in [-0.25, -0.2) is 4.98 Å². The molecular weight excluding hydrogens is 186 g/mol. The van der Waals surface area contributed by atoms with E-state index in [1.165, 1.54) is 12.8 Å². The highest BCUT2D eigenvalue weighted by atomic mass is 35.5. The molecule has 2 rings (SSSR count). The van der Waals surface area contributed by atoms with Crippen molar-refractivity contribution in [3.05, 3.63) is 23.2 Å². The second-order valence-electron chi connectivity index (χ2n) is 3.27. The Bertz CT molecular complexity index is 267. The number of aromatic nitrogens is 2. The fourth-order valence-electron chi connectivity index (χ4n) is 1.61. The van der Waals surface area contributed by atoms with Crippen molar-refractivity contribution >= 4 is 11.6 Å². The summed E-state index contributed by atoms with van der Waals surface area (Å²) in [5.41, 5.74) is 1.00. The minimum Gasteiger partial charge on any atom is -0.309 e. The van der Waals surface area contributed by atoms with Crippen LogP contribution in [-0.4, -0.2) is 16.5 Å². The number of piperidine rings is 1. The van der Waals surface area contributed by atoms with Crippen molar-refractivity contribution in [2.45, 2.75) is 25.3 Å². The number of nitrogens with zero attached hydrogens (tertiary/aromatic N) is 2. The van der Waals surface area contributed by atoms with E-state index in [0.29, 0.717) is 11.2 Å². The molecule has 1 N–H and O–H groups in total. The van der Waals surface area contributed by atoms with Crippen LogP contribution in [0.5, 0.6) is 0 Å². The van der Waals surface area contributed by atoms with Crippen LogP contribution in [0.25, 0.3) is 0 Å². The monoisotopic (exact) mass is 197 g/mol. The highest BCUT2D eigenvalue weighted by Gasteiger charge is 2.15. The summed E-state index contributed by atoms with van der Waals surface area (Å²) in [7, 11) is 0. The lowest BCUT2D eigenvalue weighted by molar-refractivity contribution is 0.404. The molecule has 0 radical (unpaired) electrons. The summed E-state index contributed by atoms with van der Waals surface area (Å²) in [6, 6.07) is 0.374. The number of nitrogens with one attached hydrogen (secondary N) is 1. The molecule has 1 atom stereocenters. The maximum Gasteiger partial charge on any atom is 0.147 e. The smallest absolute Gasteiger partial charge is 0.147 e. The van der Waals surface area contributed by atoms with Gasteiger partial charge in [-0.2, -0.15) is 0 Å². The van der Waals surface area contributed by atoms with E-state index in [1.54, 1.807) is 12.4 Å². The molecule has 2 heterocycles. The zero-order valence-electron chi connectivity index (χ0n) is 7.33. The third-order valence-corrected chi connectivity index (χ3v) is 2.50. The summed E-state index contributed by atoms with van der Waals surface area (Å²) in [5, 5.41) is 3.87. The summed E-state index contributed by atoms with van der Waals surface area (Å²) in [6.07, 6.45) is 7.04. The van der Waals surface area contributed by atoms with Crippen molar-refractivity contribution in [2.24, 2.45) is 0 Å². The standard InChI is InChI=1S/C9H12ClN3/c10-9-6-12-8(5-13-9)7-3-1-2-4-11-7/h5-7,11H,1-4H2. The lowest BCUT2D eigenvalue weighted by Gasteiger charge is -2.22. The van der Waals surface area contributed by atoms with Crippen LogP contribution in [0.2, 0.25) is 5.15 Å². The molecule has 1 unspecified atom stereocenters. The molecule has 0 bridgehead atoms. The first-order chi connectivity index (χ1) is 6.36. The van der Waals surface area contributed by atoms with E-state index in [-0.39, 0.29) is 0 Å². The number of rotatable bonds is 1. The summed E-state index contributed by atoms with van der Waals surface area (Å²) in [4.78, 5) is 8.26. The van der Waals surface area contributed by atoms with Gasteiger partial charge in [0.1, 0.15) is 5.15 Å². The molecular formula is C9H12ClN3. The molecule has 0 aromatic carbocycles. The SMILES string of the molecule is Clc1cnc(C2CCCCN2)cn1. The predicted molar refractivity (Wildman–Crippen MR) is 51.6 cm³/mol. The molecule has 1 fully saturated rings. The van der Waals surface area contributed by atoms with Gasteiger partial charge >= 0.3 is 0 Å². The predicted octanol–water partition coefficient (Wildman–Crippen LogP) is 1.94. The van der Waals surface area contributed by atoms with E-state index in [9.17, 15) is 0 Å². The van der Waals surface area contributed by atoms with Crippen molar-refractivity contribution in [1.29, 1.82) is 0 Å². The van der Waals surface area contributed by atoms with Gasteiger partial charge in [-0.1, -0.05) is 18.0 Å². The Kier molecular flexibility index (Phi) is 2.76. The maximum absolute atomic E-state index is 5.66. The summed E-state index contributed by atoms with van der Waals surface area (Å²) >= 11 is 5.66. The van der Waals surface area contributed by atoms with Crippen LogP contribution in [-0.2, 0) is 0 Å². The normalized spacial score (nSPS) is 23.0. The lowest BCUT2D eigenvalue weighted by Crippen LogP contribution is -2.27.